The molecule has 0 saturated carbocycles. The Morgan fingerprint density at radius 2 is 2.47 bits per heavy atom. The van der Waals surface area contributed by atoms with Gasteiger partial charge >= 0.3 is 0 Å². The molecule has 2 aromatic rings. The molecule has 1 fully saturated rings. The molecule has 0 bridgehead atoms. The molecule has 4 nitrogen and oxygen atoms in total. The second-order valence-electron chi connectivity index (χ2n) is 4.48. The Kier molecular flexibility index (Phi) is 3.91. The molecule has 19 heavy (non-hydrogen) atoms. The van der Waals surface area contributed by atoms with Gasteiger partial charge in [-0.1, -0.05) is 6.07 Å². The highest BCUT2D eigenvalue weighted by atomic mass is 32.1. The molecule has 3 rings (SSSR count). The van der Waals surface area contributed by atoms with E-state index < -0.39 is 0 Å². The van der Waals surface area contributed by atoms with Crippen LogP contribution < -0.4 is 10.6 Å². The third-order valence-corrected chi connectivity index (χ3v) is 4.95. The predicted molar refractivity (Wildman–Crippen MR) is 77.6 cm³/mol. The summed E-state index contributed by atoms with van der Waals surface area (Å²) < 4.78 is 0. The SMILES string of the molecule is O=C(NCc1cccs1)c1csc(C2CCCN2)n1. The number of hydrogen-bond donors (Lipinski definition) is 2. The van der Waals surface area contributed by atoms with Crippen LogP contribution >= 0.6 is 22.7 Å². The minimum atomic E-state index is -0.0890. The molecule has 0 spiro atoms. The first-order chi connectivity index (χ1) is 9.33. The van der Waals surface area contributed by atoms with E-state index in [-0.39, 0.29) is 5.91 Å². The molecule has 1 unspecified atom stereocenters. The second kappa shape index (κ2) is 5.81. The van der Waals surface area contributed by atoms with Gasteiger partial charge in [0.25, 0.3) is 5.91 Å². The van der Waals surface area contributed by atoms with Crippen LogP contribution in [-0.2, 0) is 6.54 Å². The fourth-order valence-corrected chi connectivity index (χ4v) is 3.67. The predicted octanol–water partition coefficient (Wildman–Crippen LogP) is 2.56. The molecule has 0 aromatic carbocycles. The summed E-state index contributed by atoms with van der Waals surface area (Å²) in [7, 11) is 0. The number of aromatic nitrogens is 1. The molecule has 0 radical (unpaired) electrons. The number of rotatable bonds is 4. The van der Waals surface area contributed by atoms with Gasteiger partial charge in [0.05, 0.1) is 12.6 Å². The van der Waals surface area contributed by atoms with Crippen molar-refractivity contribution in [3.05, 3.63) is 38.5 Å². The van der Waals surface area contributed by atoms with Gasteiger partial charge in [0.1, 0.15) is 10.7 Å². The van der Waals surface area contributed by atoms with Crippen LogP contribution in [0.4, 0.5) is 0 Å². The lowest BCUT2D eigenvalue weighted by molar-refractivity contribution is 0.0947. The summed E-state index contributed by atoms with van der Waals surface area (Å²) in [6, 6.07) is 4.34. The summed E-state index contributed by atoms with van der Waals surface area (Å²) >= 11 is 3.21. The molecule has 1 saturated heterocycles. The Morgan fingerprint density at radius 1 is 1.53 bits per heavy atom. The average Bonchev–Trinajstić information content (AvgIpc) is 3.14. The van der Waals surface area contributed by atoms with Crippen molar-refractivity contribution in [3.8, 4) is 0 Å². The minimum absolute atomic E-state index is 0.0890. The van der Waals surface area contributed by atoms with Crippen molar-refractivity contribution >= 4 is 28.6 Å². The van der Waals surface area contributed by atoms with Crippen molar-refractivity contribution in [2.24, 2.45) is 0 Å². The number of nitrogens with one attached hydrogen (secondary N) is 2. The Morgan fingerprint density at radius 3 is 3.21 bits per heavy atom. The van der Waals surface area contributed by atoms with Gasteiger partial charge in [-0.3, -0.25) is 4.79 Å². The molecule has 2 aromatic heterocycles. The maximum atomic E-state index is 12.0. The number of carbonyl (C=O) groups is 1. The lowest BCUT2D eigenvalue weighted by Gasteiger charge is -2.04. The number of carbonyl (C=O) groups excluding carboxylic acids is 1. The lowest BCUT2D eigenvalue weighted by atomic mass is 10.2. The van der Waals surface area contributed by atoms with Crippen LogP contribution in [0, 0.1) is 0 Å². The Labute approximate surface area is 119 Å². The number of nitrogens with zero attached hydrogens (tertiary/aromatic N) is 1. The average molecular weight is 293 g/mol. The second-order valence-corrected chi connectivity index (χ2v) is 6.40. The van der Waals surface area contributed by atoms with E-state index in [0.717, 1.165) is 22.9 Å². The van der Waals surface area contributed by atoms with Gasteiger partial charge in [-0.25, -0.2) is 4.98 Å². The van der Waals surface area contributed by atoms with Crippen LogP contribution in [0.5, 0.6) is 0 Å². The molecule has 6 heteroatoms. The van der Waals surface area contributed by atoms with E-state index in [4.69, 9.17) is 0 Å². The number of thiazole rings is 1. The van der Waals surface area contributed by atoms with Gasteiger partial charge in [0.2, 0.25) is 0 Å². The van der Waals surface area contributed by atoms with Crippen LogP contribution in [0.3, 0.4) is 0 Å². The number of amides is 1. The Bertz CT molecular complexity index is 544. The van der Waals surface area contributed by atoms with E-state index in [9.17, 15) is 4.79 Å². The van der Waals surface area contributed by atoms with E-state index in [2.05, 4.69) is 15.6 Å². The quantitative estimate of drug-likeness (QED) is 0.911. The minimum Gasteiger partial charge on any atom is -0.346 e. The van der Waals surface area contributed by atoms with Crippen LogP contribution in [0.25, 0.3) is 0 Å². The van der Waals surface area contributed by atoms with Gasteiger partial charge in [-0.15, -0.1) is 22.7 Å². The van der Waals surface area contributed by atoms with Crippen molar-refractivity contribution in [2.45, 2.75) is 25.4 Å². The molecule has 100 valence electrons. The summed E-state index contributed by atoms with van der Waals surface area (Å²) in [5.41, 5.74) is 0.533. The van der Waals surface area contributed by atoms with E-state index in [1.807, 2.05) is 22.9 Å². The maximum absolute atomic E-state index is 12.0. The van der Waals surface area contributed by atoms with Crippen molar-refractivity contribution < 1.29 is 4.79 Å². The third-order valence-electron chi connectivity index (χ3n) is 3.12. The summed E-state index contributed by atoms with van der Waals surface area (Å²) in [6.07, 6.45) is 2.30. The molecule has 1 atom stereocenters. The zero-order chi connectivity index (χ0) is 13.1. The summed E-state index contributed by atoms with van der Waals surface area (Å²) in [6.45, 7) is 1.62. The van der Waals surface area contributed by atoms with E-state index in [0.29, 0.717) is 18.3 Å². The summed E-state index contributed by atoms with van der Waals surface area (Å²) in [5.74, 6) is -0.0890. The fourth-order valence-electron chi connectivity index (χ4n) is 2.12. The molecule has 1 aliphatic rings. The van der Waals surface area contributed by atoms with Crippen LogP contribution in [0.2, 0.25) is 0 Å². The van der Waals surface area contributed by atoms with E-state index in [1.165, 1.54) is 6.42 Å². The maximum Gasteiger partial charge on any atom is 0.271 e. The van der Waals surface area contributed by atoms with Gasteiger partial charge in [0.15, 0.2) is 0 Å². The molecule has 2 N–H and O–H groups in total. The molecular weight excluding hydrogens is 278 g/mol. The summed E-state index contributed by atoms with van der Waals surface area (Å²) in [5, 5.41) is 11.2. The number of hydrogen-bond acceptors (Lipinski definition) is 5. The largest absolute Gasteiger partial charge is 0.346 e. The zero-order valence-corrected chi connectivity index (χ0v) is 12.0. The standard InChI is InChI=1S/C13H15N3OS2/c17-12(15-7-9-3-2-6-18-9)11-8-19-13(16-11)10-4-1-5-14-10/h2-3,6,8,10,14H,1,4-5,7H2,(H,15,17). The van der Waals surface area contributed by atoms with Crippen LogP contribution in [0.1, 0.15) is 39.3 Å². The van der Waals surface area contributed by atoms with Crippen molar-refractivity contribution in [1.82, 2.24) is 15.6 Å². The third kappa shape index (κ3) is 3.02. The first kappa shape index (κ1) is 12.8. The highest BCUT2D eigenvalue weighted by Gasteiger charge is 2.20. The Hall–Kier alpha value is -1.24. The molecule has 0 aliphatic carbocycles. The van der Waals surface area contributed by atoms with Gasteiger partial charge in [-0.05, 0) is 30.8 Å². The topological polar surface area (TPSA) is 54.0 Å². The fraction of sp³-hybridized carbons (Fsp3) is 0.385. The van der Waals surface area contributed by atoms with Gasteiger partial charge < -0.3 is 10.6 Å². The molecule has 1 amide bonds. The van der Waals surface area contributed by atoms with Crippen molar-refractivity contribution in [3.63, 3.8) is 0 Å². The monoisotopic (exact) mass is 293 g/mol. The van der Waals surface area contributed by atoms with Crippen molar-refractivity contribution in [2.75, 3.05) is 6.54 Å². The lowest BCUT2D eigenvalue weighted by Crippen LogP contribution is -2.23. The smallest absolute Gasteiger partial charge is 0.271 e. The molecule has 1 aliphatic heterocycles. The van der Waals surface area contributed by atoms with E-state index in [1.54, 1.807) is 22.7 Å². The Balaban J connectivity index is 1.60. The van der Waals surface area contributed by atoms with Gasteiger partial charge in [-0.2, -0.15) is 0 Å². The van der Waals surface area contributed by atoms with Gasteiger partial charge in [0, 0.05) is 10.3 Å². The van der Waals surface area contributed by atoms with Crippen LogP contribution in [0.15, 0.2) is 22.9 Å². The molecule has 3 heterocycles. The molecular formula is C13H15N3OS2. The number of thiophene rings is 1. The first-order valence-corrected chi connectivity index (χ1v) is 8.08. The van der Waals surface area contributed by atoms with E-state index >= 15 is 0 Å². The zero-order valence-electron chi connectivity index (χ0n) is 10.4. The summed E-state index contributed by atoms with van der Waals surface area (Å²) in [4.78, 5) is 17.6. The highest BCUT2D eigenvalue weighted by molar-refractivity contribution is 7.10. The van der Waals surface area contributed by atoms with Crippen LogP contribution in [-0.4, -0.2) is 17.4 Å². The van der Waals surface area contributed by atoms with Crippen molar-refractivity contribution in [1.29, 1.82) is 0 Å². The highest BCUT2D eigenvalue weighted by Crippen LogP contribution is 2.25. The first-order valence-electron chi connectivity index (χ1n) is 6.32. The normalized spacial score (nSPS) is 18.6.